The van der Waals surface area contributed by atoms with Gasteiger partial charge in [-0.25, -0.2) is 0 Å². The van der Waals surface area contributed by atoms with Gasteiger partial charge in [0.05, 0.1) is 5.69 Å². The van der Waals surface area contributed by atoms with E-state index in [1.807, 2.05) is 19.1 Å². The van der Waals surface area contributed by atoms with Gasteiger partial charge in [-0.15, -0.1) is 0 Å². The molecule has 2 fully saturated rings. The second-order valence-electron chi connectivity index (χ2n) is 8.30. The lowest BCUT2D eigenvalue weighted by molar-refractivity contribution is -0.125. The van der Waals surface area contributed by atoms with Gasteiger partial charge in [0.1, 0.15) is 12.7 Å². The minimum atomic E-state index is 0.100. The van der Waals surface area contributed by atoms with Crippen molar-refractivity contribution in [1.29, 1.82) is 0 Å². The summed E-state index contributed by atoms with van der Waals surface area (Å²) in [4.78, 5) is 17.1. The van der Waals surface area contributed by atoms with Crippen LogP contribution in [0.2, 0.25) is 0 Å². The van der Waals surface area contributed by atoms with Crippen LogP contribution in [0.5, 0.6) is 11.5 Å². The molecule has 0 bridgehead atoms. The van der Waals surface area contributed by atoms with Crippen molar-refractivity contribution < 1.29 is 14.3 Å². The van der Waals surface area contributed by atoms with Crippen molar-refractivity contribution in [3.63, 3.8) is 0 Å². The number of carbonyl (C=O) groups is 1. The Morgan fingerprint density at radius 1 is 1.14 bits per heavy atom. The van der Waals surface area contributed by atoms with Gasteiger partial charge in [0.15, 0.2) is 11.5 Å². The summed E-state index contributed by atoms with van der Waals surface area (Å²) >= 11 is 0. The highest BCUT2D eigenvalue weighted by Gasteiger charge is 2.26. The van der Waals surface area contributed by atoms with Crippen molar-refractivity contribution in [2.45, 2.75) is 45.1 Å². The van der Waals surface area contributed by atoms with Crippen LogP contribution >= 0.6 is 0 Å². The lowest BCUT2D eigenvalue weighted by atomic mass is 9.89. The molecular formula is C22H33N3O3. The molecule has 1 aromatic carbocycles. The maximum absolute atomic E-state index is 12.3. The molecule has 6 heteroatoms. The quantitative estimate of drug-likeness (QED) is 0.842. The summed E-state index contributed by atoms with van der Waals surface area (Å²) in [5.74, 6) is 2.25. The fourth-order valence-electron chi connectivity index (χ4n) is 4.50. The Bertz CT molecular complexity index is 667. The van der Waals surface area contributed by atoms with Gasteiger partial charge in [0.2, 0.25) is 5.91 Å². The van der Waals surface area contributed by atoms with Crippen LogP contribution in [-0.2, 0) is 4.79 Å². The number of nitrogens with one attached hydrogen (secondary N) is 1. The van der Waals surface area contributed by atoms with Crippen LogP contribution in [0.15, 0.2) is 18.2 Å². The number of rotatable bonds is 5. The smallest absolute Gasteiger partial charge is 0.223 e. The first-order valence-electron chi connectivity index (χ1n) is 10.9. The van der Waals surface area contributed by atoms with Gasteiger partial charge in [-0.2, -0.15) is 0 Å². The van der Waals surface area contributed by atoms with Gasteiger partial charge < -0.3 is 19.7 Å². The highest BCUT2D eigenvalue weighted by atomic mass is 16.6. The molecule has 1 amide bonds. The van der Waals surface area contributed by atoms with Gasteiger partial charge in [0.25, 0.3) is 0 Å². The molecule has 0 spiro atoms. The van der Waals surface area contributed by atoms with E-state index in [4.69, 9.17) is 9.47 Å². The van der Waals surface area contributed by atoms with Crippen LogP contribution in [0.1, 0.15) is 39.0 Å². The third-order valence-electron chi connectivity index (χ3n) is 6.16. The molecule has 1 N–H and O–H groups in total. The minimum Gasteiger partial charge on any atom is -0.484 e. The Morgan fingerprint density at radius 3 is 2.71 bits per heavy atom. The molecule has 1 aromatic rings. The van der Waals surface area contributed by atoms with E-state index in [1.54, 1.807) is 0 Å². The summed E-state index contributed by atoms with van der Waals surface area (Å²) < 4.78 is 11.9. The molecule has 1 unspecified atom stereocenters. The Kier molecular flexibility index (Phi) is 6.25. The molecule has 1 saturated heterocycles. The molecule has 1 saturated carbocycles. The first kappa shape index (κ1) is 19.4. The van der Waals surface area contributed by atoms with Gasteiger partial charge in [-0.05, 0) is 31.9 Å². The maximum atomic E-state index is 12.3. The standard InChI is InChI=1S/C22H33N3O3/c1-17-16-27-21-19(8-5-9-20(21)28-17)25-14-12-24(13-15-25)11-10-23-22(26)18-6-3-2-4-7-18/h5,8-9,17-18H,2-4,6-7,10-16H2,1H3,(H,23,26). The highest BCUT2D eigenvalue weighted by molar-refractivity contribution is 5.78. The fourth-order valence-corrected chi connectivity index (χ4v) is 4.50. The fraction of sp³-hybridized carbons (Fsp3) is 0.682. The lowest BCUT2D eigenvalue weighted by Gasteiger charge is -2.37. The number of hydrogen-bond acceptors (Lipinski definition) is 5. The molecule has 4 rings (SSSR count). The number of carbonyl (C=O) groups excluding carboxylic acids is 1. The molecule has 0 radical (unpaired) electrons. The van der Waals surface area contributed by atoms with E-state index in [9.17, 15) is 4.79 Å². The van der Waals surface area contributed by atoms with Crippen molar-refractivity contribution in [3.05, 3.63) is 18.2 Å². The molecular weight excluding hydrogens is 354 g/mol. The topological polar surface area (TPSA) is 54.0 Å². The van der Waals surface area contributed by atoms with E-state index in [1.165, 1.54) is 19.3 Å². The lowest BCUT2D eigenvalue weighted by Crippen LogP contribution is -2.49. The third kappa shape index (κ3) is 4.54. The maximum Gasteiger partial charge on any atom is 0.223 e. The highest BCUT2D eigenvalue weighted by Crippen LogP contribution is 2.40. The number of para-hydroxylation sites is 1. The molecule has 1 aliphatic carbocycles. The number of ether oxygens (including phenoxy) is 2. The van der Waals surface area contributed by atoms with Crippen molar-refractivity contribution >= 4 is 11.6 Å². The zero-order chi connectivity index (χ0) is 19.3. The van der Waals surface area contributed by atoms with Crippen LogP contribution in [0.3, 0.4) is 0 Å². The molecule has 6 nitrogen and oxygen atoms in total. The third-order valence-corrected chi connectivity index (χ3v) is 6.16. The first-order chi connectivity index (χ1) is 13.7. The predicted octanol–water partition coefficient (Wildman–Crippen LogP) is 2.66. The predicted molar refractivity (Wildman–Crippen MR) is 110 cm³/mol. The molecule has 154 valence electrons. The summed E-state index contributed by atoms with van der Waals surface area (Å²) in [6, 6.07) is 6.15. The van der Waals surface area contributed by atoms with Gasteiger partial charge in [-0.1, -0.05) is 25.3 Å². The van der Waals surface area contributed by atoms with E-state index < -0.39 is 0 Å². The summed E-state index contributed by atoms with van der Waals surface area (Å²) in [6.07, 6.45) is 5.93. The van der Waals surface area contributed by atoms with Gasteiger partial charge in [0, 0.05) is 45.2 Å². The number of amides is 1. The largest absolute Gasteiger partial charge is 0.484 e. The Balaban J connectivity index is 1.23. The Labute approximate surface area is 168 Å². The number of hydrogen-bond donors (Lipinski definition) is 1. The Morgan fingerprint density at radius 2 is 1.93 bits per heavy atom. The van der Waals surface area contributed by atoms with Crippen molar-refractivity contribution in [3.8, 4) is 11.5 Å². The monoisotopic (exact) mass is 387 g/mol. The van der Waals surface area contributed by atoms with Crippen LogP contribution in [0.4, 0.5) is 5.69 Å². The van der Waals surface area contributed by atoms with Crippen molar-refractivity contribution in [1.82, 2.24) is 10.2 Å². The summed E-state index contributed by atoms with van der Waals surface area (Å²) in [7, 11) is 0. The summed E-state index contributed by atoms with van der Waals surface area (Å²) in [5.41, 5.74) is 1.13. The van der Waals surface area contributed by atoms with Crippen molar-refractivity contribution in [2.24, 2.45) is 5.92 Å². The molecule has 2 heterocycles. The van der Waals surface area contributed by atoms with E-state index in [2.05, 4.69) is 21.2 Å². The molecule has 0 aromatic heterocycles. The normalized spacial score (nSPS) is 23.5. The number of piperazine rings is 1. The van der Waals surface area contributed by atoms with E-state index >= 15 is 0 Å². The zero-order valence-electron chi connectivity index (χ0n) is 17.0. The average Bonchev–Trinajstić information content (AvgIpc) is 2.74. The van der Waals surface area contributed by atoms with E-state index in [0.717, 1.165) is 69.3 Å². The van der Waals surface area contributed by atoms with Gasteiger partial charge in [-0.3, -0.25) is 9.69 Å². The molecule has 2 aliphatic heterocycles. The second kappa shape index (κ2) is 9.03. The van der Waals surface area contributed by atoms with Crippen molar-refractivity contribution in [2.75, 3.05) is 50.8 Å². The van der Waals surface area contributed by atoms with Gasteiger partial charge >= 0.3 is 0 Å². The number of nitrogens with zero attached hydrogens (tertiary/aromatic N) is 2. The van der Waals surface area contributed by atoms with Crippen LogP contribution < -0.4 is 19.7 Å². The molecule has 28 heavy (non-hydrogen) atoms. The molecule has 1 atom stereocenters. The van der Waals surface area contributed by atoms with Crippen LogP contribution in [0, 0.1) is 5.92 Å². The number of benzene rings is 1. The number of fused-ring (bicyclic) bond motifs is 1. The van der Waals surface area contributed by atoms with E-state index in [0.29, 0.717) is 6.61 Å². The summed E-state index contributed by atoms with van der Waals surface area (Å²) in [5, 5.41) is 3.16. The number of anilines is 1. The van der Waals surface area contributed by atoms with Crippen LogP contribution in [-0.4, -0.2) is 62.8 Å². The average molecular weight is 388 g/mol. The first-order valence-corrected chi connectivity index (χ1v) is 10.9. The van der Waals surface area contributed by atoms with E-state index in [-0.39, 0.29) is 17.9 Å². The Hall–Kier alpha value is -1.95. The summed E-state index contributed by atoms with van der Waals surface area (Å²) in [6.45, 7) is 8.24. The minimum absolute atomic E-state index is 0.100. The zero-order valence-corrected chi connectivity index (χ0v) is 17.0. The second-order valence-corrected chi connectivity index (χ2v) is 8.30. The molecule has 3 aliphatic rings. The van der Waals surface area contributed by atoms with Crippen LogP contribution in [0.25, 0.3) is 0 Å². The SMILES string of the molecule is CC1COc2c(cccc2N2CCN(CCNC(=O)C3CCCCC3)CC2)O1.